The van der Waals surface area contributed by atoms with E-state index in [-0.39, 0.29) is 0 Å². The highest BCUT2D eigenvalue weighted by molar-refractivity contribution is 5.91. The van der Waals surface area contributed by atoms with Crippen molar-refractivity contribution in [2.75, 3.05) is 0 Å². The minimum Gasteiger partial charge on any atom is -0.480 e. The molecule has 4 nitrogen and oxygen atoms in total. The van der Waals surface area contributed by atoms with Crippen molar-refractivity contribution in [1.82, 2.24) is 5.32 Å². The lowest BCUT2D eigenvalue weighted by Gasteiger charge is -2.08. The first-order valence-electron chi connectivity index (χ1n) is 2.94. The van der Waals surface area contributed by atoms with Crippen molar-refractivity contribution in [2.24, 2.45) is 0 Å². The summed E-state index contributed by atoms with van der Waals surface area (Å²) in [6.07, 6.45) is 1.03. The topological polar surface area (TPSA) is 66.4 Å². The van der Waals surface area contributed by atoms with E-state index in [1.807, 2.05) is 0 Å². The molecule has 10 heavy (non-hydrogen) atoms. The normalized spacial score (nSPS) is 19.7. The summed E-state index contributed by atoms with van der Waals surface area (Å²) < 4.78 is 0. The van der Waals surface area contributed by atoms with Gasteiger partial charge in [-0.25, -0.2) is 4.79 Å². The first-order chi connectivity index (χ1) is 4.57. The Balaban J connectivity index is 2.53. The average molecular weight is 142 g/mol. The molecule has 55 valence electrons. The third kappa shape index (κ3) is 1.10. The molecule has 0 aromatic heterocycles. The van der Waals surface area contributed by atoms with Gasteiger partial charge in [0.05, 0.1) is 0 Å². The van der Waals surface area contributed by atoms with E-state index in [2.05, 4.69) is 12.2 Å². The van der Waals surface area contributed by atoms with Crippen LogP contribution in [0.2, 0.25) is 0 Å². The molecule has 1 aliphatic rings. The van der Waals surface area contributed by atoms with Crippen molar-refractivity contribution < 1.29 is 14.7 Å². The van der Waals surface area contributed by atoms with E-state index in [9.17, 15) is 9.59 Å². The Labute approximate surface area is 58.2 Å². The number of carbonyl (C=O) groups is 2. The number of hydrogen-bond acceptors (Lipinski definition) is 2. The van der Waals surface area contributed by atoms with Gasteiger partial charge in [0.2, 0.25) is 5.91 Å². The molecule has 0 atom stereocenters. The number of nitrogens with one attached hydrogen (secondary N) is 1. The second-order valence-electron chi connectivity index (χ2n) is 2.44. The monoisotopic (exact) mass is 142 g/mol. The van der Waals surface area contributed by atoms with Gasteiger partial charge in [-0.1, -0.05) is 0 Å². The van der Waals surface area contributed by atoms with Gasteiger partial charge in [0, 0.05) is 6.92 Å². The summed E-state index contributed by atoms with van der Waals surface area (Å²) in [6.45, 7) is 3.03. The molecular weight excluding hydrogens is 134 g/mol. The van der Waals surface area contributed by atoms with Crippen molar-refractivity contribution in [2.45, 2.75) is 18.4 Å². The Bertz CT molecular complexity index is 183. The third-order valence-electron chi connectivity index (χ3n) is 1.54. The lowest BCUT2D eigenvalue weighted by atomic mass is 10.3. The van der Waals surface area contributed by atoms with Crippen LogP contribution in [0.1, 0.15) is 12.8 Å². The fourth-order valence-corrected chi connectivity index (χ4v) is 0.784. The Morgan fingerprint density at radius 3 is 2.10 bits per heavy atom. The van der Waals surface area contributed by atoms with Crippen LogP contribution in [0.25, 0.3) is 0 Å². The number of carbonyl (C=O) groups excluding carboxylic acids is 1. The molecule has 0 heterocycles. The predicted octanol–water partition coefficient (Wildman–Crippen LogP) is -0.446. The van der Waals surface area contributed by atoms with Crippen LogP contribution in [-0.4, -0.2) is 22.5 Å². The number of amides is 1. The molecule has 2 N–H and O–H groups in total. The number of rotatable bonds is 2. The van der Waals surface area contributed by atoms with Crippen LogP contribution in [0.15, 0.2) is 0 Å². The maximum atomic E-state index is 10.4. The van der Waals surface area contributed by atoms with Crippen LogP contribution in [0.5, 0.6) is 0 Å². The standard InChI is InChI=1S/C6H8NO3/c1-4(8)7-6(2-3-6)5(9)10/h1-3H2,(H,7,8)(H,9,10). The summed E-state index contributed by atoms with van der Waals surface area (Å²) in [7, 11) is 0. The van der Waals surface area contributed by atoms with Crippen LogP contribution in [0.3, 0.4) is 0 Å². The molecule has 0 bridgehead atoms. The van der Waals surface area contributed by atoms with E-state index in [1.54, 1.807) is 0 Å². The van der Waals surface area contributed by atoms with Crippen LogP contribution in [-0.2, 0) is 9.59 Å². The molecule has 1 saturated carbocycles. The fraction of sp³-hybridized carbons (Fsp3) is 0.500. The van der Waals surface area contributed by atoms with Crippen LogP contribution in [0, 0.1) is 6.92 Å². The molecule has 0 saturated heterocycles. The molecular formula is C6H8NO3. The third-order valence-corrected chi connectivity index (χ3v) is 1.54. The van der Waals surface area contributed by atoms with E-state index in [0.717, 1.165) is 0 Å². The zero-order valence-electron chi connectivity index (χ0n) is 5.39. The Kier molecular flexibility index (Phi) is 1.39. The van der Waals surface area contributed by atoms with Crippen molar-refractivity contribution in [3.63, 3.8) is 0 Å². The summed E-state index contributed by atoms with van der Waals surface area (Å²) in [5.74, 6) is -1.50. The molecule has 0 aromatic carbocycles. The van der Waals surface area contributed by atoms with E-state index in [4.69, 9.17) is 5.11 Å². The van der Waals surface area contributed by atoms with Crippen LogP contribution < -0.4 is 5.32 Å². The number of aliphatic carboxylic acids is 1. The summed E-state index contributed by atoms with van der Waals surface area (Å²) in [5, 5.41) is 10.8. The first kappa shape index (κ1) is 7.05. The zero-order chi connectivity index (χ0) is 7.78. The van der Waals surface area contributed by atoms with E-state index in [1.165, 1.54) is 0 Å². The lowest BCUT2D eigenvalue weighted by molar-refractivity contribution is -0.142. The van der Waals surface area contributed by atoms with Gasteiger partial charge in [0.25, 0.3) is 0 Å². The molecule has 4 heteroatoms. The van der Waals surface area contributed by atoms with Crippen molar-refractivity contribution in [3.8, 4) is 0 Å². The molecule has 1 aliphatic carbocycles. The van der Waals surface area contributed by atoms with Crippen molar-refractivity contribution in [1.29, 1.82) is 0 Å². The molecule has 0 spiro atoms. The smallest absolute Gasteiger partial charge is 0.329 e. The Morgan fingerprint density at radius 2 is 2.00 bits per heavy atom. The highest BCUT2D eigenvalue weighted by Crippen LogP contribution is 2.35. The lowest BCUT2D eigenvalue weighted by Crippen LogP contribution is -2.41. The van der Waals surface area contributed by atoms with Gasteiger partial charge in [0.1, 0.15) is 5.54 Å². The highest BCUT2D eigenvalue weighted by Gasteiger charge is 2.51. The molecule has 0 aliphatic heterocycles. The van der Waals surface area contributed by atoms with Crippen molar-refractivity contribution >= 4 is 11.9 Å². The number of carboxylic acids is 1. The molecule has 1 rings (SSSR count). The maximum absolute atomic E-state index is 10.4. The SMILES string of the molecule is [CH2]C(=O)NC1(C(=O)O)CC1. The second kappa shape index (κ2) is 1.97. The zero-order valence-corrected chi connectivity index (χ0v) is 5.39. The molecule has 0 aromatic rings. The number of hydrogen-bond donors (Lipinski definition) is 2. The largest absolute Gasteiger partial charge is 0.480 e. The van der Waals surface area contributed by atoms with Gasteiger partial charge in [0.15, 0.2) is 0 Å². The molecule has 1 amide bonds. The first-order valence-corrected chi connectivity index (χ1v) is 2.94. The predicted molar refractivity (Wildman–Crippen MR) is 33.1 cm³/mol. The minimum absolute atomic E-state index is 0.517. The Morgan fingerprint density at radius 1 is 1.50 bits per heavy atom. The van der Waals surface area contributed by atoms with Gasteiger partial charge in [-0.3, -0.25) is 4.79 Å². The van der Waals surface area contributed by atoms with E-state index < -0.39 is 17.4 Å². The molecule has 1 radical (unpaired) electrons. The second-order valence-corrected chi connectivity index (χ2v) is 2.44. The van der Waals surface area contributed by atoms with Gasteiger partial charge in [-0.05, 0) is 12.8 Å². The van der Waals surface area contributed by atoms with Gasteiger partial charge in [-0.15, -0.1) is 0 Å². The maximum Gasteiger partial charge on any atom is 0.329 e. The van der Waals surface area contributed by atoms with E-state index in [0.29, 0.717) is 12.8 Å². The molecule has 1 fully saturated rings. The average Bonchev–Trinajstić information content (AvgIpc) is 2.46. The van der Waals surface area contributed by atoms with Gasteiger partial charge < -0.3 is 10.4 Å². The van der Waals surface area contributed by atoms with Crippen LogP contribution in [0.4, 0.5) is 0 Å². The minimum atomic E-state index is -0.973. The van der Waals surface area contributed by atoms with Gasteiger partial charge >= 0.3 is 5.97 Å². The summed E-state index contributed by atoms with van der Waals surface area (Å²) in [5.41, 5.74) is -0.973. The number of carboxylic acid groups (broad SMARTS) is 1. The summed E-state index contributed by atoms with van der Waals surface area (Å²) >= 11 is 0. The Hall–Kier alpha value is -1.06. The van der Waals surface area contributed by atoms with E-state index >= 15 is 0 Å². The fourth-order valence-electron chi connectivity index (χ4n) is 0.784. The van der Waals surface area contributed by atoms with Crippen LogP contribution >= 0.6 is 0 Å². The highest BCUT2D eigenvalue weighted by atomic mass is 16.4. The van der Waals surface area contributed by atoms with Gasteiger partial charge in [-0.2, -0.15) is 0 Å². The summed E-state index contributed by atoms with van der Waals surface area (Å²) in [6, 6.07) is 0. The quantitative estimate of drug-likeness (QED) is 0.549. The van der Waals surface area contributed by atoms with Crippen molar-refractivity contribution in [3.05, 3.63) is 6.92 Å². The molecule has 0 unspecified atom stereocenters. The summed E-state index contributed by atoms with van der Waals surface area (Å²) in [4.78, 5) is 20.7.